The van der Waals surface area contributed by atoms with E-state index in [4.69, 9.17) is 9.47 Å². The molecule has 27 heavy (non-hydrogen) atoms. The Labute approximate surface area is 160 Å². The molecule has 2 N–H and O–H groups in total. The van der Waals surface area contributed by atoms with Crippen molar-refractivity contribution in [3.63, 3.8) is 0 Å². The maximum Gasteiger partial charge on any atom is 0.278 e. The quantitative estimate of drug-likeness (QED) is 0.704. The van der Waals surface area contributed by atoms with Crippen LogP contribution in [0.3, 0.4) is 0 Å². The molecule has 0 aliphatic rings. The van der Waals surface area contributed by atoms with Gasteiger partial charge in [-0.3, -0.25) is 4.79 Å². The molecular weight excluding hydrogens is 347 g/mol. The Bertz CT molecular complexity index is 750. The molecule has 5 nitrogen and oxygen atoms in total. The SMILES string of the molecule is CCOc1ccc(C[NH+](C)[C@H](C)C(=O)NCc2ccc(F)cc2)cc1OC. The fourth-order valence-corrected chi connectivity index (χ4v) is 2.74. The number of quaternary nitrogens is 1. The Morgan fingerprint density at radius 3 is 2.44 bits per heavy atom. The lowest BCUT2D eigenvalue weighted by Crippen LogP contribution is -3.12. The molecule has 0 bridgehead atoms. The molecule has 0 aliphatic heterocycles. The fraction of sp³-hybridized carbons (Fsp3) is 0.381. The normalized spacial score (nSPS) is 12.9. The third kappa shape index (κ3) is 5.96. The van der Waals surface area contributed by atoms with Crippen molar-refractivity contribution in [2.24, 2.45) is 0 Å². The minimum Gasteiger partial charge on any atom is -0.493 e. The Morgan fingerprint density at radius 1 is 1.15 bits per heavy atom. The van der Waals surface area contributed by atoms with E-state index in [2.05, 4.69) is 5.32 Å². The highest BCUT2D eigenvalue weighted by Crippen LogP contribution is 2.27. The van der Waals surface area contributed by atoms with Gasteiger partial charge in [0.2, 0.25) is 0 Å². The predicted octanol–water partition coefficient (Wildman–Crippen LogP) is 1.95. The number of rotatable bonds is 9. The molecule has 2 atom stereocenters. The van der Waals surface area contributed by atoms with Crippen molar-refractivity contribution in [2.45, 2.75) is 33.0 Å². The number of methoxy groups -OCH3 is 1. The molecule has 146 valence electrons. The van der Waals surface area contributed by atoms with Crippen LogP contribution in [0.1, 0.15) is 25.0 Å². The molecule has 0 saturated carbocycles. The highest BCUT2D eigenvalue weighted by Gasteiger charge is 2.22. The van der Waals surface area contributed by atoms with Crippen LogP contribution in [0.2, 0.25) is 0 Å². The van der Waals surface area contributed by atoms with Crippen LogP contribution in [0.4, 0.5) is 4.39 Å². The van der Waals surface area contributed by atoms with E-state index in [1.807, 2.05) is 39.1 Å². The van der Waals surface area contributed by atoms with E-state index in [-0.39, 0.29) is 17.8 Å². The Balaban J connectivity index is 1.92. The molecule has 0 fully saturated rings. The summed E-state index contributed by atoms with van der Waals surface area (Å²) in [6, 6.07) is 11.7. The van der Waals surface area contributed by atoms with Crippen LogP contribution in [0, 0.1) is 5.82 Å². The van der Waals surface area contributed by atoms with Gasteiger partial charge in [0.15, 0.2) is 17.5 Å². The van der Waals surface area contributed by atoms with Crippen molar-refractivity contribution >= 4 is 5.91 Å². The molecule has 0 saturated heterocycles. The van der Waals surface area contributed by atoms with Crippen LogP contribution in [-0.4, -0.2) is 32.7 Å². The van der Waals surface area contributed by atoms with Gasteiger partial charge in [0.1, 0.15) is 12.4 Å². The van der Waals surface area contributed by atoms with Gasteiger partial charge >= 0.3 is 0 Å². The van der Waals surface area contributed by atoms with E-state index in [0.29, 0.717) is 31.2 Å². The third-order valence-electron chi connectivity index (χ3n) is 4.52. The van der Waals surface area contributed by atoms with E-state index < -0.39 is 0 Å². The second-order valence-corrected chi connectivity index (χ2v) is 6.51. The maximum absolute atomic E-state index is 12.9. The van der Waals surface area contributed by atoms with Crippen LogP contribution in [-0.2, 0) is 17.9 Å². The van der Waals surface area contributed by atoms with Crippen molar-refractivity contribution in [3.8, 4) is 11.5 Å². The first-order valence-corrected chi connectivity index (χ1v) is 9.08. The van der Waals surface area contributed by atoms with Crippen molar-refractivity contribution in [1.82, 2.24) is 5.32 Å². The number of hydrogen-bond acceptors (Lipinski definition) is 3. The monoisotopic (exact) mass is 375 g/mol. The fourth-order valence-electron chi connectivity index (χ4n) is 2.74. The number of nitrogens with one attached hydrogen (secondary N) is 2. The summed E-state index contributed by atoms with van der Waals surface area (Å²) < 4.78 is 23.9. The molecule has 0 spiro atoms. The first kappa shape index (κ1) is 20.7. The molecule has 0 heterocycles. The van der Waals surface area contributed by atoms with Gasteiger partial charge in [-0.2, -0.15) is 0 Å². The molecule has 1 unspecified atom stereocenters. The number of likely N-dealkylation sites (N-methyl/N-ethyl adjacent to an activating group) is 1. The minimum absolute atomic E-state index is 0.0465. The number of carbonyl (C=O) groups excluding carboxylic acids is 1. The van der Waals surface area contributed by atoms with Crippen molar-refractivity contribution in [3.05, 3.63) is 59.4 Å². The van der Waals surface area contributed by atoms with Crippen LogP contribution in [0.5, 0.6) is 11.5 Å². The molecule has 0 radical (unpaired) electrons. The number of amides is 1. The van der Waals surface area contributed by atoms with E-state index in [1.165, 1.54) is 12.1 Å². The third-order valence-corrected chi connectivity index (χ3v) is 4.52. The lowest BCUT2D eigenvalue weighted by Gasteiger charge is -2.21. The summed E-state index contributed by atoms with van der Waals surface area (Å²) in [4.78, 5) is 13.5. The van der Waals surface area contributed by atoms with Gasteiger partial charge in [-0.15, -0.1) is 0 Å². The topological polar surface area (TPSA) is 52.0 Å². The molecule has 0 aliphatic carbocycles. The first-order chi connectivity index (χ1) is 12.9. The molecule has 0 aromatic heterocycles. The summed E-state index contributed by atoms with van der Waals surface area (Å²) in [5.41, 5.74) is 1.93. The highest BCUT2D eigenvalue weighted by atomic mass is 19.1. The van der Waals surface area contributed by atoms with Gasteiger partial charge in [0.25, 0.3) is 5.91 Å². The van der Waals surface area contributed by atoms with Gasteiger partial charge in [-0.05, 0) is 49.7 Å². The number of benzene rings is 2. The number of hydrogen-bond donors (Lipinski definition) is 2. The Hall–Kier alpha value is -2.60. The van der Waals surface area contributed by atoms with Crippen molar-refractivity contribution in [2.75, 3.05) is 20.8 Å². The van der Waals surface area contributed by atoms with E-state index in [1.54, 1.807) is 19.2 Å². The second-order valence-electron chi connectivity index (χ2n) is 6.51. The zero-order valence-electron chi connectivity index (χ0n) is 16.3. The predicted molar refractivity (Wildman–Crippen MR) is 102 cm³/mol. The first-order valence-electron chi connectivity index (χ1n) is 9.08. The standard InChI is InChI=1S/C21H27FN2O3/c1-5-27-19-11-8-17(12-20(19)26-4)14-24(3)15(2)21(25)23-13-16-6-9-18(22)10-7-16/h6-12,15H,5,13-14H2,1-4H3,(H,23,25)/p+1/t15-/m1/s1. The van der Waals surface area contributed by atoms with E-state index in [0.717, 1.165) is 16.0 Å². The minimum atomic E-state index is -0.284. The van der Waals surface area contributed by atoms with Gasteiger partial charge < -0.3 is 19.7 Å². The number of halogens is 1. The van der Waals surface area contributed by atoms with Gasteiger partial charge in [0.05, 0.1) is 20.8 Å². The number of ether oxygens (including phenoxy) is 2. The van der Waals surface area contributed by atoms with Gasteiger partial charge in [0, 0.05) is 12.1 Å². The maximum atomic E-state index is 12.9. The number of carbonyl (C=O) groups is 1. The molecule has 2 aromatic rings. The molecule has 1 amide bonds. The van der Waals surface area contributed by atoms with E-state index >= 15 is 0 Å². The van der Waals surface area contributed by atoms with Gasteiger partial charge in [-0.25, -0.2) is 4.39 Å². The molecule has 2 rings (SSSR count). The smallest absolute Gasteiger partial charge is 0.278 e. The van der Waals surface area contributed by atoms with Crippen LogP contribution in [0.25, 0.3) is 0 Å². The lowest BCUT2D eigenvalue weighted by atomic mass is 10.1. The van der Waals surface area contributed by atoms with Crippen molar-refractivity contribution in [1.29, 1.82) is 0 Å². The summed E-state index contributed by atoms with van der Waals surface area (Å²) in [6.45, 7) is 5.45. The highest BCUT2D eigenvalue weighted by molar-refractivity contribution is 5.79. The largest absolute Gasteiger partial charge is 0.493 e. The second kappa shape index (κ2) is 9.92. The average molecular weight is 375 g/mol. The summed E-state index contributed by atoms with van der Waals surface area (Å²) >= 11 is 0. The molecule has 6 heteroatoms. The Morgan fingerprint density at radius 2 is 1.81 bits per heavy atom. The van der Waals surface area contributed by atoms with E-state index in [9.17, 15) is 9.18 Å². The van der Waals surface area contributed by atoms with Crippen LogP contribution >= 0.6 is 0 Å². The summed E-state index contributed by atoms with van der Waals surface area (Å²) in [5.74, 6) is 1.07. The molecular formula is C21H28FN2O3+. The lowest BCUT2D eigenvalue weighted by molar-refractivity contribution is -0.908. The summed E-state index contributed by atoms with van der Waals surface area (Å²) in [5, 5.41) is 2.91. The van der Waals surface area contributed by atoms with Crippen molar-refractivity contribution < 1.29 is 23.6 Å². The van der Waals surface area contributed by atoms with Crippen LogP contribution < -0.4 is 19.7 Å². The van der Waals surface area contributed by atoms with Crippen LogP contribution in [0.15, 0.2) is 42.5 Å². The summed E-state index contributed by atoms with van der Waals surface area (Å²) in [7, 11) is 3.59. The average Bonchev–Trinajstić information content (AvgIpc) is 2.67. The molecule has 2 aromatic carbocycles. The Kier molecular flexibility index (Phi) is 7.61. The van der Waals surface area contributed by atoms with Gasteiger partial charge in [-0.1, -0.05) is 12.1 Å². The summed E-state index contributed by atoms with van der Waals surface area (Å²) in [6.07, 6.45) is 0. The zero-order chi connectivity index (χ0) is 19.8. The zero-order valence-corrected chi connectivity index (χ0v) is 16.3.